The summed E-state index contributed by atoms with van der Waals surface area (Å²) >= 11 is 6.01. The van der Waals surface area contributed by atoms with Gasteiger partial charge in [0.25, 0.3) is 5.91 Å². The molecule has 0 radical (unpaired) electrons. The quantitative estimate of drug-likeness (QED) is 0.875. The van der Waals surface area contributed by atoms with Gasteiger partial charge in [0, 0.05) is 12.2 Å². The number of rotatable bonds is 3. The molecule has 3 N–H and O–H groups in total. The van der Waals surface area contributed by atoms with Crippen LogP contribution in [0.1, 0.15) is 28.6 Å². The summed E-state index contributed by atoms with van der Waals surface area (Å²) in [5.74, 6) is -0.582. The predicted octanol–water partition coefficient (Wildman–Crippen LogP) is 1.35. The number of nitrogens with one attached hydrogen (secondary N) is 1. The molecule has 7 heteroatoms. The van der Waals surface area contributed by atoms with Gasteiger partial charge in [0.15, 0.2) is 0 Å². The van der Waals surface area contributed by atoms with Crippen molar-refractivity contribution in [1.82, 2.24) is 9.88 Å². The first-order valence-electron chi connectivity index (χ1n) is 5.71. The molecule has 0 bridgehead atoms. The molecule has 2 rings (SSSR count). The van der Waals surface area contributed by atoms with Gasteiger partial charge in [0.05, 0.1) is 11.1 Å². The van der Waals surface area contributed by atoms with Crippen LogP contribution in [0.4, 0.5) is 4.53 Å². The Kier molecular flexibility index (Phi) is 3.89. The van der Waals surface area contributed by atoms with E-state index in [2.05, 4.69) is 10.3 Å². The number of hydrogen-bond donors (Lipinski definition) is 2. The molecule has 0 aliphatic carbocycles. The van der Waals surface area contributed by atoms with Crippen LogP contribution in [0.2, 0.25) is 5.02 Å². The first-order valence-corrected chi connectivity index (χ1v) is 6.09. The molecule has 1 aromatic rings. The zero-order valence-corrected chi connectivity index (χ0v) is 10.7. The Balaban J connectivity index is 2.44. The first-order chi connectivity index (χ1) is 8.56. The maximum Gasteiger partial charge on any atom is 0.265 e. The van der Waals surface area contributed by atoms with Crippen molar-refractivity contribution in [2.75, 3.05) is 13.1 Å². The van der Waals surface area contributed by atoms with Crippen molar-refractivity contribution in [2.24, 2.45) is 5.73 Å². The molecule has 2 atom stereocenters. The third-order valence-electron chi connectivity index (χ3n) is 3.32. The Morgan fingerprint density at radius 1 is 1.72 bits per heavy atom. The molecular weight excluding hydrogens is 261 g/mol. The van der Waals surface area contributed by atoms with Crippen molar-refractivity contribution in [2.45, 2.75) is 25.5 Å². The van der Waals surface area contributed by atoms with E-state index in [9.17, 15) is 9.32 Å². The second kappa shape index (κ2) is 5.26. The Hall–Kier alpha value is -1.11. The highest BCUT2D eigenvalue weighted by molar-refractivity contribution is 6.31. The van der Waals surface area contributed by atoms with Crippen molar-refractivity contribution in [3.8, 4) is 0 Å². The molecule has 18 heavy (non-hydrogen) atoms. The number of nitrogens with two attached hydrogens (primary N) is 1. The zero-order valence-electron chi connectivity index (χ0n) is 9.95. The molecule has 0 aromatic carbocycles. The van der Waals surface area contributed by atoms with Gasteiger partial charge in [-0.1, -0.05) is 11.6 Å². The minimum Gasteiger partial charge on any atom is -0.364 e. The topological polar surface area (TPSA) is 69.3 Å². The number of halogens is 2. The number of hydrogen-bond acceptors (Lipinski definition) is 3. The number of amides is 1. The maximum absolute atomic E-state index is 12.6. The molecule has 2 heterocycles. The molecule has 1 saturated heterocycles. The van der Waals surface area contributed by atoms with Gasteiger partial charge >= 0.3 is 0 Å². The number of piperidine rings is 1. The van der Waals surface area contributed by atoms with Crippen LogP contribution in [0.3, 0.4) is 0 Å². The number of nitrogens with zero attached hydrogens (tertiary/aromatic N) is 1. The van der Waals surface area contributed by atoms with E-state index in [1.165, 1.54) is 6.07 Å². The van der Waals surface area contributed by atoms with Crippen LogP contribution in [0.25, 0.3) is 0 Å². The second-order valence-corrected chi connectivity index (χ2v) is 4.79. The molecule has 5 nitrogen and oxygen atoms in total. The lowest BCUT2D eigenvalue weighted by Crippen LogP contribution is -2.43. The van der Waals surface area contributed by atoms with Gasteiger partial charge in [-0.25, -0.2) is 0 Å². The summed E-state index contributed by atoms with van der Waals surface area (Å²) in [7, 11) is 0. The Morgan fingerprint density at radius 3 is 3.06 bits per heavy atom. The summed E-state index contributed by atoms with van der Waals surface area (Å²) < 4.78 is 14.3. The lowest BCUT2D eigenvalue weighted by Gasteiger charge is -2.32. The number of aromatic nitrogens is 1. The van der Waals surface area contributed by atoms with Crippen LogP contribution in [-0.4, -0.2) is 29.7 Å². The SMILES string of the molecule is Cc1c(Cl)cc(C(N)=O)n1[C@@H]1CCNC[C@@H]1OF. The summed E-state index contributed by atoms with van der Waals surface area (Å²) in [6.45, 7) is 2.87. The van der Waals surface area contributed by atoms with Gasteiger partial charge in [-0.15, -0.1) is 0 Å². The molecule has 0 spiro atoms. The average Bonchev–Trinajstić information content (AvgIpc) is 2.66. The number of carbonyl (C=O) groups is 1. The van der Waals surface area contributed by atoms with Gasteiger partial charge < -0.3 is 15.6 Å². The average molecular weight is 276 g/mol. The minimum absolute atomic E-state index is 0.284. The van der Waals surface area contributed by atoms with Gasteiger partial charge in [-0.3, -0.25) is 4.79 Å². The summed E-state index contributed by atoms with van der Waals surface area (Å²) in [5, 5.41) is 3.48. The van der Waals surface area contributed by atoms with E-state index in [-0.39, 0.29) is 11.7 Å². The number of carbonyl (C=O) groups excluding carboxylic acids is 1. The van der Waals surface area contributed by atoms with Gasteiger partial charge in [0.1, 0.15) is 11.8 Å². The molecule has 0 saturated carbocycles. The molecule has 1 aliphatic rings. The normalized spacial score (nSPS) is 24.2. The second-order valence-electron chi connectivity index (χ2n) is 4.38. The fourth-order valence-electron chi connectivity index (χ4n) is 2.41. The highest BCUT2D eigenvalue weighted by Crippen LogP contribution is 2.30. The van der Waals surface area contributed by atoms with E-state index in [0.717, 1.165) is 6.54 Å². The van der Waals surface area contributed by atoms with E-state index in [1.54, 1.807) is 11.5 Å². The van der Waals surface area contributed by atoms with Crippen molar-refractivity contribution in [1.29, 1.82) is 0 Å². The van der Waals surface area contributed by atoms with Crippen molar-refractivity contribution < 1.29 is 14.3 Å². The molecule has 1 fully saturated rings. The Bertz CT molecular complexity index is 463. The van der Waals surface area contributed by atoms with E-state index in [4.69, 9.17) is 17.3 Å². The molecule has 1 aromatic heterocycles. The number of primary amides is 1. The molecular formula is C11H15ClFN3O2. The van der Waals surface area contributed by atoms with Crippen LogP contribution in [0.5, 0.6) is 0 Å². The molecule has 0 unspecified atom stereocenters. The highest BCUT2D eigenvalue weighted by Gasteiger charge is 2.32. The zero-order chi connectivity index (χ0) is 13.3. The summed E-state index contributed by atoms with van der Waals surface area (Å²) in [6.07, 6.45) is -0.0141. The van der Waals surface area contributed by atoms with Crippen molar-refractivity contribution in [3.05, 3.63) is 22.5 Å². The van der Waals surface area contributed by atoms with Gasteiger partial charge in [-0.2, -0.15) is 4.94 Å². The Morgan fingerprint density at radius 2 is 2.44 bits per heavy atom. The first kappa shape index (κ1) is 13.3. The Labute approximate surface area is 109 Å². The third-order valence-corrected chi connectivity index (χ3v) is 3.70. The largest absolute Gasteiger partial charge is 0.364 e. The highest BCUT2D eigenvalue weighted by atomic mass is 35.5. The van der Waals surface area contributed by atoms with Crippen molar-refractivity contribution >= 4 is 17.5 Å². The van der Waals surface area contributed by atoms with Crippen LogP contribution < -0.4 is 11.1 Å². The standard InChI is InChI=1S/C11H15ClFN3O2/c1-6-7(12)4-9(11(14)17)16(6)8-2-3-15-5-10(8)18-13/h4,8,10,15H,2-3,5H2,1H3,(H2,14,17)/t8-,10+/m1/s1. The van der Waals surface area contributed by atoms with Crippen LogP contribution in [0.15, 0.2) is 6.07 Å². The minimum atomic E-state index is -0.654. The van der Waals surface area contributed by atoms with Crippen LogP contribution >= 0.6 is 11.6 Å². The molecule has 1 aliphatic heterocycles. The summed E-state index contributed by atoms with van der Waals surface area (Å²) in [5.41, 5.74) is 6.30. The van der Waals surface area contributed by atoms with E-state index in [0.29, 0.717) is 23.7 Å². The maximum atomic E-state index is 12.6. The van der Waals surface area contributed by atoms with E-state index in [1.807, 2.05) is 0 Å². The summed E-state index contributed by atoms with van der Waals surface area (Å²) in [4.78, 5) is 15.4. The van der Waals surface area contributed by atoms with Gasteiger partial charge in [-0.05, 0) is 30.5 Å². The lowest BCUT2D eigenvalue weighted by atomic mass is 10.0. The van der Waals surface area contributed by atoms with E-state index >= 15 is 0 Å². The molecule has 100 valence electrons. The fourth-order valence-corrected chi connectivity index (χ4v) is 2.60. The predicted molar refractivity (Wildman–Crippen MR) is 65.2 cm³/mol. The summed E-state index contributed by atoms with van der Waals surface area (Å²) in [6, 6.07) is 1.22. The fraction of sp³-hybridized carbons (Fsp3) is 0.545. The van der Waals surface area contributed by atoms with Crippen LogP contribution in [0, 0.1) is 6.92 Å². The van der Waals surface area contributed by atoms with E-state index < -0.39 is 12.0 Å². The van der Waals surface area contributed by atoms with Crippen LogP contribution in [-0.2, 0) is 4.94 Å². The smallest absolute Gasteiger partial charge is 0.265 e. The monoisotopic (exact) mass is 275 g/mol. The van der Waals surface area contributed by atoms with Gasteiger partial charge in [0.2, 0.25) is 0 Å². The van der Waals surface area contributed by atoms with Crippen molar-refractivity contribution in [3.63, 3.8) is 0 Å². The third kappa shape index (κ3) is 2.23. The molecule has 1 amide bonds. The lowest BCUT2D eigenvalue weighted by molar-refractivity contribution is -0.196.